The second-order valence-corrected chi connectivity index (χ2v) is 7.50. The zero-order valence-corrected chi connectivity index (χ0v) is 17.7. The standard InChI is InChI=1S/C21H19ClN6O3/c1-14-10-27(12-16-9-23-26(2)11-16)21(30)28(20(14)29)13-19-24-18(25-31-19)8-5-15-3-6-17(22)7-4-15/h3-11H,12-13H2,1-2H3/b8-5+. The number of aryl methyl sites for hydroxylation is 2. The highest BCUT2D eigenvalue weighted by molar-refractivity contribution is 6.30. The predicted octanol–water partition coefficient (Wildman–Crippen LogP) is 2.36. The summed E-state index contributed by atoms with van der Waals surface area (Å²) in [4.78, 5) is 29.7. The van der Waals surface area contributed by atoms with Crippen molar-refractivity contribution in [2.24, 2.45) is 7.05 Å². The number of rotatable bonds is 6. The van der Waals surface area contributed by atoms with E-state index in [9.17, 15) is 9.59 Å². The van der Waals surface area contributed by atoms with E-state index in [1.807, 2.05) is 24.4 Å². The maximum Gasteiger partial charge on any atom is 0.331 e. The lowest BCUT2D eigenvalue weighted by molar-refractivity contribution is 0.364. The maximum absolute atomic E-state index is 12.9. The molecule has 3 aromatic heterocycles. The van der Waals surface area contributed by atoms with Crippen molar-refractivity contribution < 1.29 is 4.52 Å². The van der Waals surface area contributed by atoms with Gasteiger partial charge in [0.15, 0.2) is 5.82 Å². The lowest BCUT2D eigenvalue weighted by Gasteiger charge is -2.09. The lowest BCUT2D eigenvalue weighted by Crippen LogP contribution is -2.41. The Morgan fingerprint density at radius 1 is 1.10 bits per heavy atom. The molecule has 4 aromatic rings. The Kier molecular flexibility index (Phi) is 5.68. The highest BCUT2D eigenvalue weighted by Crippen LogP contribution is 2.12. The summed E-state index contributed by atoms with van der Waals surface area (Å²) >= 11 is 5.88. The normalized spacial score (nSPS) is 11.5. The van der Waals surface area contributed by atoms with Crippen LogP contribution >= 0.6 is 11.6 Å². The topological polar surface area (TPSA) is 101 Å². The van der Waals surface area contributed by atoms with E-state index in [1.54, 1.807) is 49.3 Å². The predicted molar refractivity (Wildman–Crippen MR) is 116 cm³/mol. The Morgan fingerprint density at radius 2 is 1.87 bits per heavy atom. The van der Waals surface area contributed by atoms with E-state index in [4.69, 9.17) is 16.1 Å². The van der Waals surface area contributed by atoms with Gasteiger partial charge in [0, 0.05) is 35.6 Å². The molecule has 0 fully saturated rings. The second kappa shape index (κ2) is 8.57. The summed E-state index contributed by atoms with van der Waals surface area (Å²) in [5.74, 6) is 0.495. The molecule has 3 heterocycles. The first-order valence-electron chi connectivity index (χ1n) is 9.44. The van der Waals surface area contributed by atoms with Gasteiger partial charge in [-0.2, -0.15) is 10.1 Å². The molecule has 0 saturated carbocycles. The highest BCUT2D eigenvalue weighted by Gasteiger charge is 2.14. The Morgan fingerprint density at radius 3 is 2.58 bits per heavy atom. The minimum absolute atomic E-state index is 0.117. The van der Waals surface area contributed by atoms with Gasteiger partial charge < -0.3 is 4.52 Å². The summed E-state index contributed by atoms with van der Waals surface area (Å²) in [7, 11) is 1.80. The molecule has 0 spiro atoms. The molecule has 0 saturated heterocycles. The SMILES string of the molecule is Cc1cn(Cc2cnn(C)c2)c(=O)n(Cc2nc(/C=C/c3ccc(Cl)cc3)no2)c1=O. The average Bonchev–Trinajstić information content (AvgIpc) is 3.37. The van der Waals surface area contributed by atoms with Crippen molar-refractivity contribution in [3.63, 3.8) is 0 Å². The Labute approximate surface area is 181 Å². The number of benzene rings is 1. The van der Waals surface area contributed by atoms with Gasteiger partial charge in [-0.1, -0.05) is 35.0 Å². The second-order valence-electron chi connectivity index (χ2n) is 7.07. The van der Waals surface area contributed by atoms with Crippen LogP contribution in [-0.4, -0.2) is 29.1 Å². The molecule has 0 aliphatic carbocycles. The zero-order chi connectivity index (χ0) is 22.0. The first kappa shape index (κ1) is 20.5. The minimum atomic E-state index is -0.462. The highest BCUT2D eigenvalue weighted by atomic mass is 35.5. The van der Waals surface area contributed by atoms with E-state index in [1.165, 1.54) is 4.57 Å². The number of aromatic nitrogens is 6. The average molecular weight is 439 g/mol. The van der Waals surface area contributed by atoms with Crippen LogP contribution in [0.15, 0.2) is 57.0 Å². The van der Waals surface area contributed by atoms with Crippen molar-refractivity contribution in [2.45, 2.75) is 20.0 Å². The van der Waals surface area contributed by atoms with Gasteiger partial charge in [-0.15, -0.1) is 0 Å². The minimum Gasteiger partial charge on any atom is -0.337 e. The van der Waals surface area contributed by atoms with Crippen LogP contribution in [0.1, 0.15) is 28.4 Å². The van der Waals surface area contributed by atoms with Crippen molar-refractivity contribution in [2.75, 3.05) is 0 Å². The third-order valence-corrected chi connectivity index (χ3v) is 4.84. The van der Waals surface area contributed by atoms with Crippen LogP contribution in [0, 0.1) is 6.92 Å². The van der Waals surface area contributed by atoms with Gasteiger partial charge in [0.2, 0.25) is 5.89 Å². The van der Waals surface area contributed by atoms with Crippen molar-refractivity contribution in [1.82, 2.24) is 29.1 Å². The maximum atomic E-state index is 12.9. The van der Waals surface area contributed by atoms with Crippen LogP contribution in [0.5, 0.6) is 0 Å². The molecule has 0 aliphatic heterocycles. The summed E-state index contributed by atoms with van der Waals surface area (Å²) in [6, 6.07) is 7.28. The van der Waals surface area contributed by atoms with Gasteiger partial charge in [-0.05, 0) is 30.7 Å². The molecule has 10 heteroatoms. The summed E-state index contributed by atoms with van der Waals surface area (Å²) < 4.78 is 9.44. The molecule has 0 radical (unpaired) electrons. The van der Waals surface area contributed by atoms with Gasteiger partial charge >= 0.3 is 5.69 Å². The van der Waals surface area contributed by atoms with Gasteiger partial charge in [0.25, 0.3) is 5.56 Å². The molecule has 0 bridgehead atoms. The van der Waals surface area contributed by atoms with Crippen molar-refractivity contribution in [3.05, 3.63) is 97.1 Å². The molecule has 0 N–H and O–H groups in total. The van der Waals surface area contributed by atoms with Crippen LogP contribution in [0.25, 0.3) is 12.2 Å². The van der Waals surface area contributed by atoms with Gasteiger partial charge in [0.05, 0.1) is 12.7 Å². The Bertz CT molecular complexity index is 1360. The van der Waals surface area contributed by atoms with Gasteiger partial charge in [0.1, 0.15) is 6.54 Å². The largest absolute Gasteiger partial charge is 0.337 e. The number of nitrogens with zero attached hydrogens (tertiary/aromatic N) is 6. The van der Waals surface area contributed by atoms with Crippen molar-refractivity contribution >= 4 is 23.8 Å². The Hall–Kier alpha value is -3.72. The third kappa shape index (κ3) is 4.72. The lowest BCUT2D eigenvalue weighted by atomic mass is 10.2. The van der Waals surface area contributed by atoms with Crippen LogP contribution in [-0.2, 0) is 20.1 Å². The van der Waals surface area contributed by atoms with E-state index in [0.717, 1.165) is 15.7 Å². The first-order chi connectivity index (χ1) is 14.9. The number of hydrogen-bond donors (Lipinski definition) is 0. The van der Waals surface area contributed by atoms with Crippen LogP contribution in [0.3, 0.4) is 0 Å². The van der Waals surface area contributed by atoms with Crippen LogP contribution in [0.2, 0.25) is 5.02 Å². The molecule has 1 aromatic carbocycles. The molecular weight excluding hydrogens is 420 g/mol. The molecule has 0 atom stereocenters. The third-order valence-electron chi connectivity index (χ3n) is 4.59. The Balaban J connectivity index is 1.57. The van der Waals surface area contributed by atoms with Gasteiger partial charge in [-0.25, -0.2) is 4.79 Å². The number of hydrogen-bond acceptors (Lipinski definition) is 6. The molecule has 0 amide bonds. The molecule has 31 heavy (non-hydrogen) atoms. The van der Waals surface area contributed by atoms with E-state index in [2.05, 4.69) is 15.2 Å². The van der Waals surface area contributed by atoms with E-state index < -0.39 is 11.2 Å². The molecule has 158 valence electrons. The quantitative estimate of drug-likeness (QED) is 0.458. The summed E-state index contributed by atoms with van der Waals surface area (Å²) in [5, 5.41) is 8.64. The number of halogens is 1. The molecule has 0 unspecified atom stereocenters. The molecule has 0 aliphatic rings. The van der Waals surface area contributed by atoms with Gasteiger partial charge in [-0.3, -0.25) is 18.6 Å². The fraction of sp³-hybridized carbons (Fsp3) is 0.190. The van der Waals surface area contributed by atoms with Crippen LogP contribution in [0.4, 0.5) is 0 Å². The van der Waals surface area contributed by atoms with E-state index in [0.29, 0.717) is 23.0 Å². The summed E-state index contributed by atoms with van der Waals surface area (Å²) in [6.45, 7) is 1.84. The smallest absolute Gasteiger partial charge is 0.331 e. The fourth-order valence-electron chi connectivity index (χ4n) is 3.08. The van der Waals surface area contributed by atoms with E-state index in [-0.39, 0.29) is 12.4 Å². The monoisotopic (exact) mass is 438 g/mol. The molecular formula is C21H19ClN6O3. The summed E-state index contributed by atoms with van der Waals surface area (Å²) in [6.07, 6.45) is 8.52. The van der Waals surface area contributed by atoms with Crippen molar-refractivity contribution in [1.29, 1.82) is 0 Å². The zero-order valence-electron chi connectivity index (χ0n) is 16.9. The summed E-state index contributed by atoms with van der Waals surface area (Å²) in [5.41, 5.74) is 1.34. The van der Waals surface area contributed by atoms with Crippen LogP contribution < -0.4 is 11.2 Å². The molecule has 9 nitrogen and oxygen atoms in total. The molecule has 4 rings (SSSR count). The fourth-order valence-corrected chi connectivity index (χ4v) is 3.21. The van der Waals surface area contributed by atoms with E-state index >= 15 is 0 Å². The van der Waals surface area contributed by atoms with Crippen molar-refractivity contribution in [3.8, 4) is 0 Å². The first-order valence-corrected chi connectivity index (χ1v) is 9.81.